The van der Waals surface area contributed by atoms with E-state index in [9.17, 15) is 9.90 Å². The number of nitrogens with zero attached hydrogens (tertiary/aromatic N) is 7. The summed E-state index contributed by atoms with van der Waals surface area (Å²) in [6.07, 6.45) is 4.09. The highest BCUT2D eigenvalue weighted by atomic mass is 32.7. The predicted molar refractivity (Wildman–Crippen MR) is 147 cm³/mol. The van der Waals surface area contributed by atoms with E-state index in [4.69, 9.17) is 33.3 Å². The molecule has 0 aromatic carbocycles. The van der Waals surface area contributed by atoms with E-state index in [-0.39, 0.29) is 51.8 Å². The number of anilines is 1. The Kier molecular flexibility index (Phi) is 7.66. The van der Waals surface area contributed by atoms with Gasteiger partial charge < -0.3 is 38.4 Å². The van der Waals surface area contributed by atoms with Crippen LogP contribution >= 0.6 is 28.9 Å². The summed E-state index contributed by atoms with van der Waals surface area (Å²) in [5.41, 5.74) is 6.91. The SMILES string of the molecule is Nc1ncnn2c([C@H]3C[C@@H]4COPOC[C@H]5O[C@@H](n6ccc(=O)n7ccnc67)[C@H](O[P@@](S)OC[C@H]4O3)[C@@H]5O)cnc12. The first-order chi connectivity index (χ1) is 20.0. The van der Waals surface area contributed by atoms with Crippen LogP contribution < -0.4 is 11.3 Å². The largest absolute Gasteiger partial charge is 0.387 e. The topological polar surface area (TPSA) is 184 Å². The lowest BCUT2D eigenvalue weighted by atomic mass is 10.00. The van der Waals surface area contributed by atoms with Crippen molar-refractivity contribution < 1.29 is 32.7 Å². The zero-order valence-electron chi connectivity index (χ0n) is 21.2. The Labute approximate surface area is 240 Å². The molecule has 0 saturated carbocycles. The zero-order chi connectivity index (χ0) is 28.1. The number of aliphatic hydroxyl groups excluding tert-OH is 1. The highest BCUT2D eigenvalue weighted by Crippen LogP contribution is 2.50. The summed E-state index contributed by atoms with van der Waals surface area (Å²) in [4.78, 5) is 24.9. The minimum atomic E-state index is -1.78. The Hall–Kier alpha value is -2.30. The smallest absolute Gasteiger partial charge is 0.258 e. The Morgan fingerprint density at radius 3 is 2.90 bits per heavy atom. The molecular formula is C22H26N8O8P2S. The number of hydrogen-bond donors (Lipinski definition) is 3. The first-order valence-corrected chi connectivity index (χ1v) is 15.9. The number of aliphatic hydroxyl groups is 1. The van der Waals surface area contributed by atoms with Crippen molar-refractivity contribution in [1.29, 1.82) is 0 Å². The molecule has 4 aromatic heterocycles. The molecule has 0 amide bonds. The zero-order valence-corrected chi connectivity index (χ0v) is 24.0. The third kappa shape index (κ3) is 5.14. The third-order valence-electron chi connectivity index (χ3n) is 7.35. The number of hydrogen-bond acceptors (Lipinski definition) is 14. The van der Waals surface area contributed by atoms with Gasteiger partial charge in [-0.3, -0.25) is 13.8 Å². The molecule has 3 N–H and O–H groups in total. The summed E-state index contributed by atoms with van der Waals surface area (Å²) in [5, 5.41) is 15.4. The molecule has 0 aliphatic carbocycles. The van der Waals surface area contributed by atoms with E-state index in [2.05, 4.69) is 32.3 Å². The maximum absolute atomic E-state index is 12.3. The lowest BCUT2D eigenvalue weighted by Crippen LogP contribution is -2.35. The Balaban J connectivity index is 1.11. The fourth-order valence-corrected chi connectivity index (χ4v) is 7.23. The number of nitrogens with two attached hydrogens (primary N) is 1. The molecule has 7 heterocycles. The van der Waals surface area contributed by atoms with Gasteiger partial charge in [0.25, 0.3) is 5.56 Å². The average molecular weight is 625 g/mol. The van der Waals surface area contributed by atoms with Crippen molar-refractivity contribution in [3.8, 4) is 0 Å². The van der Waals surface area contributed by atoms with E-state index >= 15 is 0 Å². The molecule has 0 radical (unpaired) electrons. The van der Waals surface area contributed by atoms with Crippen molar-refractivity contribution in [2.24, 2.45) is 5.92 Å². The van der Waals surface area contributed by atoms with E-state index in [1.54, 1.807) is 27.7 Å². The van der Waals surface area contributed by atoms with Crippen molar-refractivity contribution in [2.45, 2.75) is 43.2 Å². The lowest BCUT2D eigenvalue weighted by Gasteiger charge is -2.26. The summed E-state index contributed by atoms with van der Waals surface area (Å²) in [5.74, 6) is 0.590. The number of rotatable bonds is 2. The van der Waals surface area contributed by atoms with E-state index in [0.29, 0.717) is 24.5 Å². The summed E-state index contributed by atoms with van der Waals surface area (Å²) < 4.78 is 41.0. The molecule has 2 bridgehead atoms. The van der Waals surface area contributed by atoms with Crippen molar-refractivity contribution in [3.05, 3.63) is 53.2 Å². The van der Waals surface area contributed by atoms with Crippen molar-refractivity contribution in [1.82, 2.24) is 33.5 Å². The monoisotopic (exact) mass is 624 g/mol. The number of nitrogen functional groups attached to an aromatic ring is 1. The molecular weight excluding hydrogens is 598 g/mol. The molecule has 41 heavy (non-hydrogen) atoms. The molecule has 19 heteroatoms. The molecule has 3 saturated heterocycles. The maximum Gasteiger partial charge on any atom is 0.258 e. The van der Waals surface area contributed by atoms with Crippen LogP contribution in [0.1, 0.15) is 24.4 Å². The van der Waals surface area contributed by atoms with Gasteiger partial charge in [0, 0.05) is 30.6 Å². The third-order valence-corrected chi connectivity index (χ3v) is 9.34. The van der Waals surface area contributed by atoms with Gasteiger partial charge in [-0.05, 0) is 6.42 Å². The highest BCUT2D eigenvalue weighted by Gasteiger charge is 2.48. The normalized spacial score (nSPS) is 33.8. The fourth-order valence-electron chi connectivity index (χ4n) is 5.33. The van der Waals surface area contributed by atoms with E-state index in [1.165, 1.54) is 23.0 Å². The van der Waals surface area contributed by atoms with E-state index < -0.39 is 32.1 Å². The molecule has 4 aromatic rings. The summed E-state index contributed by atoms with van der Waals surface area (Å²) in [7, 11) is -2.07. The van der Waals surface area contributed by atoms with Crippen molar-refractivity contribution >= 4 is 46.1 Å². The Morgan fingerprint density at radius 2 is 2.00 bits per heavy atom. The Bertz CT molecular complexity index is 1610. The molecule has 16 nitrogen and oxygen atoms in total. The fraction of sp³-hybridized carbons (Fsp3) is 0.500. The molecule has 3 aliphatic rings. The molecule has 7 rings (SSSR count). The van der Waals surface area contributed by atoms with Gasteiger partial charge in [0.2, 0.25) is 13.4 Å². The second-order valence-electron chi connectivity index (χ2n) is 9.75. The Morgan fingerprint density at radius 1 is 1.12 bits per heavy atom. The van der Waals surface area contributed by atoms with Gasteiger partial charge in [-0.1, -0.05) is 12.2 Å². The van der Waals surface area contributed by atoms with Gasteiger partial charge >= 0.3 is 0 Å². The molecule has 9 atom stereocenters. The van der Waals surface area contributed by atoms with Gasteiger partial charge in [-0.2, -0.15) is 5.10 Å². The van der Waals surface area contributed by atoms with Crippen LogP contribution in [0.25, 0.3) is 11.4 Å². The summed E-state index contributed by atoms with van der Waals surface area (Å²) >= 11 is 4.56. The van der Waals surface area contributed by atoms with Gasteiger partial charge in [-0.15, -0.1) is 0 Å². The van der Waals surface area contributed by atoms with Gasteiger partial charge in [0.1, 0.15) is 30.7 Å². The van der Waals surface area contributed by atoms with Crippen LogP contribution in [0, 0.1) is 5.92 Å². The minimum absolute atomic E-state index is 0.0262. The average Bonchev–Trinajstić information content (AvgIpc) is 3.75. The van der Waals surface area contributed by atoms with Crippen LogP contribution in [0.3, 0.4) is 0 Å². The number of fused-ring (bicyclic) bond motifs is 5. The lowest BCUT2D eigenvalue weighted by molar-refractivity contribution is -0.0445. The first kappa shape index (κ1) is 27.5. The van der Waals surface area contributed by atoms with Gasteiger partial charge in [-0.25, -0.2) is 19.5 Å². The quantitative estimate of drug-likeness (QED) is 0.213. The number of ether oxygens (including phenoxy) is 2. The molecule has 1 unspecified atom stereocenters. The van der Waals surface area contributed by atoms with E-state index in [0.717, 1.165) is 5.69 Å². The van der Waals surface area contributed by atoms with Crippen molar-refractivity contribution in [3.63, 3.8) is 0 Å². The predicted octanol–water partition coefficient (Wildman–Crippen LogP) is 1.03. The van der Waals surface area contributed by atoms with Crippen LogP contribution in [0.2, 0.25) is 0 Å². The molecule has 218 valence electrons. The summed E-state index contributed by atoms with van der Waals surface area (Å²) in [6.45, 7) is 0.580. The highest BCUT2D eigenvalue weighted by molar-refractivity contribution is 8.41. The minimum Gasteiger partial charge on any atom is -0.387 e. The first-order valence-electron chi connectivity index (χ1n) is 12.7. The molecule has 0 spiro atoms. The molecule has 3 fully saturated rings. The van der Waals surface area contributed by atoms with Gasteiger partial charge in [0.05, 0.1) is 37.8 Å². The van der Waals surface area contributed by atoms with Crippen LogP contribution in [0.4, 0.5) is 5.82 Å². The summed E-state index contributed by atoms with van der Waals surface area (Å²) in [6, 6.07) is 1.39. The van der Waals surface area contributed by atoms with Crippen molar-refractivity contribution in [2.75, 3.05) is 25.6 Å². The van der Waals surface area contributed by atoms with Crippen LogP contribution in [0.15, 0.2) is 42.0 Å². The number of aromatic nitrogens is 7. The van der Waals surface area contributed by atoms with Crippen LogP contribution in [0.5, 0.6) is 0 Å². The van der Waals surface area contributed by atoms with Crippen LogP contribution in [-0.2, 0) is 27.6 Å². The maximum atomic E-state index is 12.3. The number of thiol groups is 1. The standard InChI is InChI=1S/C22H26N8O8P2S/c23-19-20-25-6-12(30(20)27-10-26-19)13-5-11-7-33-39-34-8-15-17(32)18(38-40(41)35-9-14(11)36-13)21(37-15)29-3-1-16(31)28-4-2-24-22(28)29/h1-4,6,10-11,13-15,17-18,21,32,39,41H,5,7-9H2,(H2,23,26,27)/t11-,13-,14-,15-,17-,18-,21-,40+/m1/s1. The number of imidazole rings is 2. The second-order valence-corrected chi connectivity index (χ2v) is 12.4. The van der Waals surface area contributed by atoms with Gasteiger partial charge in [0.15, 0.2) is 26.7 Å². The molecule has 3 aliphatic heterocycles. The van der Waals surface area contributed by atoms with Crippen LogP contribution in [-0.4, -0.2) is 82.9 Å². The second kappa shape index (κ2) is 11.4. The van der Waals surface area contributed by atoms with E-state index in [1.807, 2.05) is 0 Å².